The van der Waals surface area contributed by atoms with Crippen molar-refractivity contribution in [1.29, 1.82) is 0 Å². The Morgan fingerprint density at radius 1 is 0.286 bits per heavy atom. The molecule has 584 valence electrons. The minimum absolute atomic E-state index is 0.681. The minimum Gasteiger partial charge on any atom is -0.0651 e. The van der Waals surface area contributed by atoms with Gasteiger partial charge in [0.25, 0.3) is 0 Å². The van der Waals surface area contributed by atoms with Crippen LogP contribution in [-0.2, 0) is 0 Å². The van der Waals surface area contributed by atoms with Crippen LogP contribution in [0.4, 0.5) is 0 Å². The van der Waals surface area contributed by atoms with Gasteiger partial charge in [0.05, 0.1) is 0 Å². The Bertz CT molecular complexity index is 1840. The van der Waals surface area contributed by atoms with E-state index in [4.69, 9.17) is 0 Å². The summed E-state index contributed by atoms with van der Waals surface area (Å²) in [4.78, 5) is 0. The van der Waals surface area contributed by atoms with Crippen molar-refractivity contribution < 1.29 is 0 Å². The highest BCUT2D eigenvalue weighted by Gasteiger charge is 2.49. The molecule has 9 unspecified atom stereocenters. The molecule has 16 saturated carbocycles. The van der Waals surface area contributed by atoms with Crippen molar-refractivity contribution in [2.45, 2.75) is 459 Å². The molecule has 0 amide bonds. The van der Waals surface area contributed by atoms with Crippen LogP contribution in [0.3, 0.4) is 0 Å². The number of rotatable bonds is 8. The predicted molar refractivity (Wildman–Crippen MR) is 446 cm³/mol. The standard InChI is InChI=1S/2C7H12.12C7H14/c1-7(4-5-7)6-2-3-6;1-5-4-7(5)6-2-3-6;2*1-6-4-7(2,3)5-6;2*1-6-4-5-7(6,2)3;2*1-5-4-6(2)7(5)3;2*1-3-7-4-6(2)5-7;2*1-3-7(2)5-4-6-7;2*1-3-7-5-4-6(7)2/h6H,2-5H2,1H3;5-7H,2-4H2,1H3;4*6H,4-5H2,1-3H3;2*5-7H,4H2,1-3H3;2*6-7H,3-5H2,1-2H3;2*3-6H2,1-2H3;2*6-7H,3-5H2,1-2H3/t;5-,7?;;;6-;;5-,6?,7?;;;;;;6-,7?;/m.0..0.0.....0./s1. The first kappa shape index (κ1) is 92.2. The van der Waals surface area contributed by atoms with E-state index in [0.29, 0.717) is 21.7 Å². The van der Waals surface area contributed by atoms with Crippen LogP contribution in [-0.4, -0.2) is 0 Å². The van der Waals surface area contributed by atoms with E-state index in [0.717, 1.165) is 135 Å². The highest BCUT2D eigenvalue weighted by molar-refractivity contribution is 5.00. The molecule has 0 aromatic carbocycles. The van der Waals surface area contributed by atoms with Gasteiger partial charge >= 0.3 is 0 Å². The largest absolute Gasteiger partial charge is 0.0651 e. The van der Waals surface area contributed by atoms with Gasteiger partial charge in [-0.3, -0.25) is 0 Å². The molecule has 0 aromatic rings. The van der Waals surface area contributed by atoms with Crippen molar-refractivity contribution >= 4 is 0 Å². The van der Waals surface area contributed by atoms with Gasteiger partial charge in [0, 0.05) is 0 Å². The second-order valence-corrected chi connectivity index (χ2v) is 44.1. The van der Waals surface area contributed by atoms with Gasteiger partial charge < -0.3 is 0 Å². The topological polar surface area (TPSA) is 0 Å². The molecule has 0 aromatic heterocycles. The van der Waals surface area contributed by atoms with E-state index >= 15 is 0 Å². The molecule has 0 heteroatoms. The average Bonchev–Trinajstić information content (AvgIpc) is 1.60. The molecule has 13 atom stereocenters. The fraction of sp³-hybridized carbons (Fsp3) is 1.00. The Morgan fingerprint density at radius 2 is 0.592 bits per heavy atom. The van der Waals surface area contributed by atoms with Gasteiger partial charge in [0.2, 0.25) is 0 Å². The van der Waals surface area contributed by atoms with E-state index in [1.165, 1.54) is 230 Å². The van der Waals surface area contributed by atoms with Crippen molar-refractivity contribution in [3.8, 4) is 0 Å². The molecular weight excluding hydrogens is 1180 g/mol. The van der Waals surface area contributed by atoms with Crippen molar-refractivity contribution in [3.63, 3.8) is 0 Å². The zero-order chi connectivity index (χ0) is 74.4. The third kappa shape index (κ3) is 34.3. The van der Waals surface area contributed by atoms with Crippen LogP contribution in [0.5, 0.6) is 0 Å². The summed E-state index contributed by atoms with van der Waals surface area (Å²) in [5.74, 6) is 23.2. The first-order valence-corrected chi connectivity index (χ1v) is 45.4. The van der Waals surface area contributed by atoms with Crippen LogP contribution >= 0.6 is 0 Å². The highest BCUT2D eigenvalue weighted by Crippen LogP contribution is 2.61. The van der Waals surface area contributed by atoms with E-state index in [1.54, 1.807) is 19.3 Å². The van der Waals surface area contributed by atoms with Gasteiger partial charge in [0.15, 0.2) is 0 Å². The lowest BCUT2D eigenvalue weighted by molar-refractivity contribution is 0.0891. The SMILES string of the molecule is CC1(C2CC2)CC1.CC1CC(C)(C)C1.CC1CC(C)(C)C1.CC1CC(C)C1C.CC1CCC1(C)C.CC1C[C@H](C)C1C.CCC1(C)CCC1.CCC1(C)CCC1.CCC1CC(C)C1.CCC1CC(C)C1.CCC1CCC1C.CCC1CC[C@@H]1C.C[C@H]1CC1C1CC1.C[C@H]1CCC1(C)C. The van der Waals surface area contributed by atoms with Crippen LogP contribution in [0.2, 0.25) is 0 Å². The molecule has 98 heavy (non-hydrogen) atoms. The molecule has 0 heterocycles. The summed E-state index contributed by atoms with van der Waals surface area (Å²) in [7, 11) is 0. The Hall–Kier alpha value is 0. The third-order valence-corrected chi connectivity index (χ3v) is 32.4. The quantitative estimate of drug-likeness (QED) is 0.227. The van der Waals surface area contributed by atoms with E-state index in [2.05, 4.69) is 222 Å². The van der Waals surface area contributed by atoms with Crippen LogP contribution < -0.4 is 0 Å². The normalized spacial score (nSPS) is 38.2. The molecule has 16 aliphatic carbocycles. The monoisotopic (exact) mass is 1370 g/mol. The molecule has 0 nitrogen and oxygen atoms in total. The van der Waals surface area contributed by atoms with Crippen molar-refractivity contribution in [1.82, 2.24) is 0 Å². The van der Waals surface area contributed by atoms with Crippen molar-refractivity contribution in [2.24, 2.45) is 168 Å². The lowest BCUT2D eigenvalue weighted by Gasteiger charge is -2.42. The maximum absolute atomic E-state index is 2.44. The van der Waals surface area contributed by atoms with Crippen LogP contribution in [0.25, 0.3) is 0 Å². The molecular formula is C98H192. The molecule has 0 aliphatic heterocycles. The van der Waals surface area contributed by atoms with Gasteiger partial charge in [0.1, 0.15) is 0 Å². The molecule has 16 aliphatic rings. The van der Waals surface area contributed by atoms with Gasteiger partial charge in [-0.05, 0) is 341 Å². The fourth-order valence-corrected chi connectivity index (χ4v) is 19.1. The van der Waals surface area contributed by atoms with Crippen molar-refractivity contribution in [3.05, 3.63) is 0 Å². The summed E-state index contributed by atoms with van der Waals surface area (Å²) in [6.45, 7) is 74.8. The van der Waals surface area contributed by atoms with Crippen LogP contribution in [0, 0.1) is 168 Å². The third-order valence-electron chi connectivity index (χ3n) is 32.4. The maximum atomic E-state index is 2.44. The van der Waals surface area contributed by atoms with Gasteiger partial charge in [-0.2, -0.15) is 0 Å². The molecule has 0 radical (unpaired) electrons. The highest BCUT2D eigenvalue weighted by atomic mass is 14.5. The van der Waals surface area contributed by atoms with Crippen molar-refractivity contribution in [2.75, 3.05) is 0 Å². The zero-order valence-corrected chi connectivity index (χ0v) is 74.4. The second-order valence-electron chi connectivity index (χ2n) is 44.1. The summed E-state index contributed by atoms with van der Waals surface area (Å²) in [5.41, 5.74) is 5.14. The minimum atomic E-state index is 0.681. The molecule has 16 rings (SSSR count). The van der Waals surface area contributed by atoms with E-state index in [-0.39, 0.29) is 0 Å². The van der Waals surface area contributed by atoms with Gasteiger partial charge in [-0.1, -0.05) is 286 Å². The lowest BCUT2D eigenvalue weighted by Crippen LogP contribution is -2.31. The lowest BCUT2D eigenvalue weighted by atomic mass is 9.64. The first-order chi connectivity index (χ1) is 45.4. The molecule has 0 spiro atoms. The fourth-order valence-electron chi connectivity index (χ4n) is 19.1. The predicted octanol–water partition coefficient (Wildman–Crippen LogP) is 33.6. The Labute approximate surface area is 623 Å². The van der Waals surface area contributed by atoms with E-state index in [9.17, 15) is 0 Å². The molecule has 0 N–H and O–H groups in total. The number of hydrogen-bond acceptors (Lipinski definition) is 0. The second kappa shape index (κ2) is 42.5. The molecule has 0 bridgehead atoms. The van der Waals surface area contributed by atoms with Crippen LogP contribution in [0.15, 0.2) is 0 Å². The summed E-state index contributed by atoms with van der Waals surface area (Å²) in [5, 5.41) is 0. The Balaban J connectivity index is 0.000000275. The average molecular weight is 1370 g/mol. The summed E-state index contributed by atoms with van der Waals surface area (Å²) in [6.07, 6.45) is 54.4. The number of hydrogen-bond donors (Lipinski definition) is 0. The van der Waals surface area contributed by atoms with Gasteiger partial charge in [-0.25, -0.2) is 0 Å². The molecule has 16 fully saturated rings. The zero-order valence-electron chi connectivity index (χ0n) is 74.4. The summed E-state index contributed by atoms with van der Waals surface area (Å²) < 4.78 is 0. The molecule has 0 saturated heterocycles. The van der Waals surface area contributed by atoms with E-state index in [1.807, 2.05) is 0 Å². The Morgan fingerprint density at radius 3 is 0.622 bits per heavy atom. The Kier molecular flexibility index (Phi) is 40.0. The smallest absolute Gasteiger partial charge is 0.0297 e. The first-order valence-electron chi connectivity index (χ1n) is 45.4. The van der Waals surface area contributed by atoms with Gasteiger partial charge in [-0.15, -0.1) is 0 Å². The summed E-state index contributed by atoms with van der Waals surface area (Å²) in [6, 6.07) is 0. The van der Waals surface area contributed by atoms with Crippen LogP contribution in [0.1, 0.15) is 459 Å². The van der Waals surface area contributed by atoms with E-state index < -0.39 is 0 Å². The summed E-state index contributed by atoms with van der Waals surface area (Å²) >= 11 is 0. The maximum Gasteiger partial charge on any atom is -0.0297 e.